The van der Waals surface area contributed by atoms with Crippen molar-refractivity contribution in [2.45, 2.75) is 50.3 Å². The van der Waals surface area contributed by atoms with Crippen LogP contribution in [0.2, 0.25) is 0 Å². The molecule has 9 heteroatoms. The summed E-state index contributed by atoms with van der Waals surface area (Å²) in [6, 6.07) is 14.8. The zero-order valence-electron chi connectivity index (χ0n) is 22.2. The first kappa shape index (κ1) is 28.1. The lowest BCUT2D eigenvalue weighted by atomic mass is 9.73. The maximum Gasteiger partial charge on any atom is 0.234 e. The molecule has 8 nitrogen and oxygen atoms in total. The molecule has 0 atom stereocenters. The van der Waals surface area contributed by atoms with Gasteiger partial charge in [-0.2, -0.15) is 0 Å². The predicted molar refractivity (Wildman–Crippen MR) is 147 cm³/mol. The number of nitrogens with one attached hydrogen (secondary N) is 2. The fourth-order valence-electron chi connectivity index (χ4n) is 5.32. The number of aryl methyl sites for hydroxylation is 2. The highest BCUT2D eigenvalue weighted by Crippen LogP contribution is 2.37. The summed E-state index contributed by atoms with van der Waals surface area (Å²) in [4.78, 5) is 28.1. The lowest BCUT2D eigenvalue weighted by Crippen LogP contribution is -2.51. The van der Waals surface area contributed by atoms with Crippen LogP contribution in [0.1, 0.15) is 43.2 Å². The van der Waals surface area contributed by atoms with E-state index >= 15 is 0 Å². The van der Waals surface area contributed by atoms with Gasteiger partial charge in [-0.25, -0.2) is 8.42 Å². The number of nitrogens with zero attached hydrogens (tertiary/aromatic N) is 1. The normalized spacial score (nSPS) is 18.8. The minimum atomic E-state index is -3.45. The predicted octanol–water partition coefficient (Wildman–Crippen LogP) is 2.89. The van der Waals surface area contributed by atoms with Crippen LogP contribution in [0.15, 0.2) is 53.4 Å². The Morgan fingerprint density at radius 1 is 1.05 bits per heavy atom. The summed E-state index contributed by atoms with van der Waals surface area (Å²) in [5.74, 6) is 0.648. The number of para-hydroxylation sites is 1. The van der Waals surface area contributed by atoms with Crippen molar-refractivity contribution in [2.24, 2.45) is 5.41 Å². The van der Waals surface area contributed by atoms with Crippen LogP contribution in [0.25, 0.3) is 0 Å². The van der Waals surface area contributed by atoms with Gasteiger partial charge in [0.15, 0.2) is 9.84 Å². The lowest BCUT2D eigenvalue weighted by Gasteiger charge is -2.40. The molecule has 2 aromatic carbocycles. The van der Waals surface area contributed by atoms with Gasteiger partial charge in [0, 0.05) is 6.54 Å². The summed E-state index contributed by atoms with van der Waals surface area (Å²) in [6.45, 7) is 4.39. The molecule has 1 spiro atoms. The number of carbonyl (C=O) groups is 2. The number of fused-ring (bicyclic) bond motifs is 1. The van der Waals surface area contributed by atoms with Gasteiger partial charge in [-0.05, 0) is 75.9 Å². The third-order valence-electron chi connectivity index (χ3n) is 7.70. The summed E-state index contributed by atoms with van der Waals surface area (Å²) < 4.78 is 30.9. The Hall–Kier alpha value is -2.91. The number of ether oxygens (including phenoxy) is 1. The van der Waals surface area contributed by atoms with Crippen molar-refractivity contribution >= 4 is 21.7 Å². The molecule has 0 radical (unpaired) electrons. The topological polar surface area (TPSA) is 105 Å². The number of hydrogen-bond donors (Lipinski definition) is 2. The maximum absolute atomic E-state index is 13.2. The van der Waals surface area contributed by atoms with E-state index in [0.717, 1.165) is 37.0 Å². The van der Waals surface area contributed by atoms with Crippen molar-refractivity contribution in [3.63, 3.8) is 0 Å². The fourth-order valence-corrected chi connectivity index (χ4v) is 6.48. The molecule has 0 unspecified atom stereocenters. The second-order valence-electron chi connectivity index (χ2n) is 10.5. The summed E-state index contributed by atoms with van der Waals surface area (Å²) in [5, 5.41) is 5.84. The van der Waals surface area contributed by atoms with Crippen LogP contribution >= 0.6 is 0 Å². The highest BCUT2D eigenvalue weighted by molar-refractivity contribution is 7.91. The second-order valence-corrected chi connectivity index (χ2v) is 12.6. The quantitative estimate of drug-likeness (QED) is 0.583. The highest BCUT2D eigenvalue weighted by Gasteiger charge is 2.41. The van der Waals surface area contributed by atoms with E-state index in [2.05, 4.69) is 21.6 Å². The molecule has 2 amide bonds. The number of rotatable bonds is 6. The van der Waals surface area contributed by atoms with Crippen LogP contribution in [0, 0.1) is 12.3 Å². The van der Waals surface area contributed by atoms with Crippen LogP contribution in [-0.4, -0.2) is 70.2 Å². The largest absolute Gasteiger partial charge is 0.491 e. The molecule has 2 aliphatic heterocycles. The third kappa shape index (κ3) is 7.35. The fraction of sp³-hybridized carbons (Fsp3) is 0.517. The number of sulfone groups is 1. The van der Waals surface area contributed by atoms with E-state index in [1.165, 1.54) is 5.56 Å². The first-order chi connectivity index (χ1) is 18.3. The van der Waals surface area contributed by atoms with Crippen molar-refractivity contribution in [3.05, 3.63) is 59.7 Å². The first-order valence-corrected chi connectivity index (χ1v) is 15.2. The number of amides is 2. The van der Waals surface area contributed by atoms with Gasteiger partial charge in [-0.3, -0.25) is 14.5 Å². The molecule has 0 aromatic heterocycles. The van der Waals surface area contributed by atoms with Gasteiger partial charge in [0.2, 0.25) is 11.8 Å². The molecule has 0 bridgehead atoms. The van der Waals surface area contributed by atoms with Gasteiger partial charge in [0.1, 0.15) is 12.4 Å². The van der Waals surface area contributed by atoms with Crippen molar-refractivity contribution in [1.82, 2.24) is 15.5 Å². The van der Waals surface area contributed by atoms with E-state index in [1.54, 1.807) is 24.3 Å². The molecule has 0 aliphatic carbocycles. The van der Waals surface area contributed by atoms with Gasteiger partial charge < -0.3 is 15.4 Å². The smallest absolute Gasteiger partial charge is 0.234 e. The van der Waals surface area contributed by atoms with E-state index in [1.807, 2.05) is 25.1 Å². The molecule has 0 saturated carbocycles. The SMILES string of the molecule is Cc1ccc(S(=O)(=O)CCNC(=O)CN2CCC3(CCCCc4ccccc4OCCNC3=O)CC2)cc1. The average Bonchev–Trinajstić information content (AvgIpc) is 2.90. The van der Waals surface area contributed by atoms with Crippen LogP contribution in [0.3, 0.4) is 0 Å². The zero-order chi connectivity index (χ0) is 27.0. The molecular weight excluding hydrogens is 502 g/mol. The number of benzene rings is 2. The van der Waals surface area contributed by atoms with Gasteiger partial charge in [0.25, 0.3) is 0 Å². The van der Waals surface area contributed by atoms with Gasteiger partial charge in [0.05, 0.1) is 29.2 Å². The molecule has 1 fully saturated rings. The molecule has 4 rings (SSSR count). The van der Waals surface area contributed by atoms with Gasteiger partial charge in [-0.1, -0.05) is 42.3 Å². The van der Waals surface area contributed by atoms with Crippen LogP contribution in [0.5, 0.6) is 5.75 Å². The molecule has 2 aliphatic rings. The summed E-state index contributed by atoms with van der Waals surface area (Å²) in [7, 11) is -3.45. The molecule has 38 heavy (non-hydrogen) atoms. The molecule has 1 saturated heterocycles. The lowest BCUT2D eigenvalue weighted by molar-refractivity contribution is -0.135. The van der Waals surface area contributed by atoms with Crippen LogP contribution < -0.4 is 15.4 Å². The summed E-state index contributed by atoms with van der Waals surface area (Å²) >= 11 is 0. The monoisotopic (exact) mass is 541 g/mol. The molecular formula is C29H39N3O5S. The van der Waals surface area contributed by atoms with Gasteiger partial charge in [-0.15, -0.1) is 0 Å². The van der Waals surface area contributed by atoms with E-state index < -0.39 is 15.3 Å². The molecule has 2 N–H and O–H groups in total. The number of likely N-dealkylation sites (tertiary alicyclic amines) is 1. The molecule has 2 aromatic rings. The number of hydrogen-bond acceptors (Lipinski definition) is 6. The van der Waals surface area contributed by atoms with Crippen LogP contribution in [0.4, 0.5) is 0 Å². The zero-order valence-corrected chi connectivity index (χ0v) is 23.0. The first-order valence-electron chi connectivity index (χ1n) is 13.5. The average molecular weight is 542 g/mol. The molecule has 206 valence electrons. The summed E-state index contributed by atoms with van der Waals surface area (Å²) in [6.07, 6.45) is 5.11. The molecule has 2 heterocycles. The Labute approximate surface area is 226 Å². The standard InChI is InChI=1S/C29H39N3O5S/c1-23-9-11-25(12-10-23)38(35,36)21-17-30-27(33)22-32-18-14-29(15-19-32)13-5-4-7-24-6-2-3-8-26(24)37-20-16-31-28(29)34/h2-3,6,8-12H,4-5,7,13-22H2,1H3,(H,30,33)(H,31,34). The minimum absolute atomic E-state index is 0.0699. The van der Waals surface area contributed by atoms with Crippen molar-refractivity contribution in [1.29, 1.82) is 0 Å². The van der Waals surface area contributed by atoms with E-state index in [9.17, 15) is 18.0 Å². The Balaban J connectivity index is 1.25. The van der Waals surface area contributed by atoms with Crippen molar-refractivity contribution in [2.75, 3.05) is 45.1 Å². The van der Waals surface area contributed by atoms with Crippen LogP contribution in [-0.2, 0) is 25.8 Å². The second kappa shape index (κ2) is 12.8. The number of carbonyl (C=O) groups excluding carboxylic acids is 2. The Bertz CT molecular complexity index is 1200. The third-order valence-corrected chi connectivity index (χ3v) is 9.44. The van der Waals surface area contributed by atoms with Gasteiger partial charge >= 0.3 is 0 Å². The Morgan fingerprint density at radius 2 is 1.79 bits per heavy atom. The maximum atomic E-state index is 13.2. The van der Waals surface area contributed by atoms with Crippen molar-refractivity contribution in [3.8, 4) is 5.75 Å². The highest BCUT2D eigenvalue weighted by atomic mass is 32.2. The Kier molecular flexibility index (Phi) is 9.44. The van der Waals surface area contributed by atoms with E-state index in [-0.39, 0.29) is 35.6 Å². The van der Waals surface area contributed by atoms with E-state index in [4.69, 9.17) is 4.74 Å². The Morgan fingerprint density at radius 3 is 2.55 bits per heavy atom. The van der Waals surface area contributed by atoms with E-state index in [0.29, 0.717) is 39.1 Å². The number of piperidine rings is 1. The minimum Gasteiger partial charge on any atom is -0.491 e. The summed E-state index contributed by atoms with van der Waals surface area (Å²) in [5.41, 5.74) is 1.78. The van der Waals surface area contributed by atoms with Crippen molar-refractivity contribution < 1.29 is 22.7 Å².